The van der Waals surface area contributed by atoms with E-state index in [9.17, 15) is 4.79 Å². The van der Waals surface area contributed by atoms with E-state index in [4.69, 9.17) is 0 Å². The van der Waals surface area contributed by atoms with Gasteiger partial charge in [-0.2, -0.15) is 5.10 Å². The molecule has 18 heavy (non-hydrogen) atoms. The summed E-state index contributed by atoms with van der Waals surface area (Å²) in [5, 5.41) is 6.54. The molecular formula is C15H18N2O. The first-order valence-corrected chi connectivity index (χ1v) is 6.03. The van der Waals surface area contributed by atoms with Crippen LogP contribution in [0, 0.1) is 11.8 Å². The van der Waals surface area contributed by atoms with Crippen LogP contribution < -0.4 is 0 Å². The Morgan fingerprint density at radius 3 is 2.72 bits per heavy atom. The normalized spacial score (nSPS) is 9.28. The Kier molecular flexibility index (Phi) is 5.13. The number of H-pyrrole nitrogens is 1. The zero-order chi connectivity index (χ0) is 13.5. The van der Waals surface area contributed by atoms with Crippen molar-refractivity contribution in [2.45, 2.75) is 33.6 Å². The van der Waals surface area contributed by atoms with Crippen molar-refractivity contribution >= 4 is 5.78 Å². The first-order valence-electron chi connectivity index (χ1n) is 6.03. The van der Waals surface area contributed by atoms with Crippen LogP contribution in [0.4, 0.5) is 0 Å². The highest BCUT2D eigenvalue weighted by Gasteiger charge is 2.06. The molecule has 3 nitrogen and oxygen atoms in total. The number of hydrogen-bond donors (Lipinski definition) is 1. The Bertz CT molecular complexity index is 532. The topological polar surface area (TPSA) is 45.8 Å². The van der Waals surface area contributed by atoms with Gasteiger partial charge < -0.3 is 0 Å². The third-order valence-electron chi connectivity index (χ3n) is 2.65. The standard InChI is InChI=1S/C15H18N2O/c1-5-13(6-2)9-11(3)7-8-15-14(12(4)18)10-16-17-15/h9-10H,3,5-6H2,1-2,4H3,(H,16,17). The van der Waals surface area contributed by atoms with Gasteiger partial charge in [0.05, 0.1) is 11.8 Å². The van der Waals surface area contributed by atoms with Crippen molar-refractivity contribution < 1.29 is 4.79 Å². The van der Waals surface area contributed by atoms with E-state index in [0.29, 0.717) is 11.3 Å². The number of ketones is 1. The van der Waals surface area contributed by atoms with Crippen molar-refractivity contribution in [3.63, 3.8) is 0 Å². The number of carbonyl (C=O) groups excluding carboxylic acids is 1. The van der Waals surface area contributed by atoms with Crippen LogP contribution in [0.3, 0.4) is 0 Å². The summed E-state index contributed by atoms with van der Waals surface area (Å²) < 4.78 is 0. The highest BCUT2D eigenvalue weighted by molar-refractivity contribution is 5.95. The van der Waals surface area contributed by atoms with E-state index in [0.717, 1.165) is 18.4 Å². The number of Topliss-reactive ketones (excluding diaryl/α,β-unsaturated/α-hetero) is 1. The summed E-state index contributed by atoms with van der Waals surface area (Å²) in [4.78, 5) is 11.3. The summed E-state index contributed by atoms with van der Waals surface area (Å²) >= 11 is 0. The average molecular weight is 242 g/mol. The quantitative estimate of drug-likeness (QED) is 0.500. The molecule has 0 spiro atoms. The van der Waals surface area contributed by atoms with Gasteiger partial charge in [-0.3, -0.25) is 9.89 Å². The van der Waals surface area contributed by atoms with Crippen molar-refractivity contribution in [1.29, 1.82) is 0 Å². The third-order valence-corrected chi connectivity index (χ3v) is 2.65. The van der Waals surface area contributed by atoms with Crippen LogP contribution in [0.15, 0.2) is 30.0 Å². The van der Waals surface area contributed by atoms with Gasteiger partial charge in [0.1, 0.15) is 5.69 Å². The fraction of sp³-hybridized carbons (Fsp3) is 0.333. The molecule has 1 heterocycles. The SMILES string of the molecule is C=C(C#Cc1[nH]ncc1C(C)=O)C=C(CC)CC. The van der Waals surface area contributed by atoms with Gasteiger partial charge in [-0.15, -0.1) is 0 Å². The molecule has 0 fully saturated rings. The van der Waals surface area contributed by atoms with Crippen LogP contribution in [-0.4, -0.2) is 16.0 Å². The molecule has 0 radical (unpaired) electrons. The van der Waals surface area contributed by atoms with Gasteiger partial charge in [0.15, 0.2) is 5.78 Å². The van der Waals surface area contributed by atoms with Crippen LogP contribution in [0.2, 0.25) is 0 Å². The molecule has 0 bridgehead atoms. The molecule has 1 N–H and O–H groups in total. The number of aromatic amines is 1. The largest absolute Gasteiger partial charge is 0.294 e. The second-order valence-corrected chi connectivity index (χ2v) is 4.00. The maximum absolute atomic E-state index is 11.3. The lowest BCUT2D eigenvalue weighted by molar-refractivity contribution is 0.101. The van der Waals surface area contributed by atoms with Gasteiger partial charge in [-0.05, 0) is 31.8 Å². The monoisotopic (exact) mass is 242 g/mol. The molecule has 1 rings (SSSR count). The Morgan fingerprint density at radius 2 is 2.17 bits per heavy atom. The molecule has 0 atom stereocenters. The fourth-order valence-electron chi connectivity index (χ4n) is 1.53. The van der Waals surface area contributed by atoms with E-state index in [2.05, 4.69) is 42.5 Å². The molecule has 1 aromatic rings. The first-order chi connectivity index (χ1) is 8.58. The lowest BCUT2D eigenvalue weighted by Gasteiger charge is -1.97. The van der Waals surface area contributed by atoms with Gasteiger partial charge >= 0.3 is 0 Å². The van der Waals surface area contributed by atoms with E-state index in [1.165, 1.54) is 18.7 Å². The molecule has 0 unspecified atom stereocenters. The zero-order valence-electron chi connectivity index (χ0n) is 11.1. The van der Waals surface area contributed by atoms with Crippen molar-refractivity contribution in [3.05, 3.63) is 41.3 Å². The van der Waals surface area contributed by atoms with Gasteiger partial charge in [0, 0.05) is 5.57 Å². The van der Waals surface area contributed by atoms with Crippen LogP contribution in [-0.2, 0) is 0 Å². The third kappa shape index (κ3) is 3.74. The average Bonchev–Trinajstić information content (AvgIpc) is 2.81. The fourth-order valence-corrected chi connectivity index (χ4v) is 1.53. The summed E-state index contributed by atoms with van der Waals surface area (Å²) in [5.41, 5.74) is 3.13. The summed E-state index contributed by atoms with van der Waals surface area (Å²) in [6, 6.07) is 0. The summed E-state index contributed by atoms with van der Waals surface area (Å²) in [5.74, 6) is 5.79. The summed E-state index contributed by atoms with van der Waals surface area (Å²) in [7, 11) is 0. The number of hydrogen-bond acceptors (Lipinski definition) is 2. The highest BCUT2D eigenvalue weighted by atomic mass is 16.1. The van der Waals surface area contributed by atoms with Crippen LogP contribution >= 0.6 is 0 Å². The number of allylic oxidation sites excluding steroid dienone is 3. The number of aromatic nitrogens is 2. The molecule has 0 saturated carbocycles. The van der Waals surface area contributed by atoms with Crippen molar-refractivity contribution in [2.24, 2.45) is 0 Å². The van der Waals surface area contributed by atoms with Crippen LogP contribution in [0.25, 0.3) is 0 Å². The Balaban J connectivity index is 2.89. The van der Waals surface area contributed by atoms with Crippen LogP contribution in [0.1, 0.15) is 49.7 Å². The maximum Gasteiger partial charge on any atom is 0.164 e. The smallest absolute Gasteiger partial charge is 0.164 e. The Morgan fingerprint density at radius 1 is 1.50 bits per heavy atom. The second-order valence-electron chi connectivity index (χ2n) is 4.00. The van der Waals surface area contributed by atoms with Crippen molar-refractivity contribution in [3.8, 4) is 11.8 Å². The summed E-state index contributed by atoms with van der Waals surface area (Å²) in [6.45, 7) is 9.61. The lowest BCUT2D eigenvalue weighted by atomic mass is 10.1. The van der Waals surface area contributed by atoms with E-state index in [1.54, 1.807) is 0 Å². The molecule has 0 amide bonds. The van der Waals surface area contributed by atoms with E-state index in [1.807, 2.05) is 6.08 Å². The number of carbonyl (C=O) groups is 1. The highest BCUT2D eigenvalue weighted by Crippen LogP contribution is 2.09. The van der Waals surface area contributed by atoms with E-state index in [-0.39, 0.29) is 5.78 Å². The maximum atomic E-state index is 11.3. The molecule has 0 aliphatic heterocycles. The predicted molar refractivity (Wildman–Crippen MR) is 73.3 cm³/mol. The van der Waals surface area contributed by atoms with Crippen LogP contribution in [0.5, 0.6) is 0 Å². The minimum atomic E-state index is -0.0444. The van der Waals surface area contributed by atoms with E-state index < -0.39 is 0 Å². The minimum absolute atomic E-state index is 0.0444. The first kappa shape index (κ1) is 14.0. The molecule has 0 saturated heterocycles. The molecule has 0 aromatic carbocycles. The predicted octanol–water partition coefficient (Wildman–Crippen LogP) is 3.27. The molecule has 94 valence electrons. The zero-order valence-corrected chi connectivity index (χ0v) is 11.1. The van der Waals surface area contributed by atoms with Gasteiger partial charge in [0.25, 0.3) is 0 Å². The minimum Gasteiger partial charge on any atom is -0.294 e. The number of rotatable bonds is 4. The molecule has 1 aromatic heterocycles. The lowest BCUT2D eigenvalue weighted by Crippen LogP contribution is -1.92. The molecular weight excluding hydrogens is 224 g/mol. The molecule has 3 heteroatoms. The number of nitrogens with zero attached hydrogens (tertiary/aromatic N) is 1. The van der Waals surface area contributed by atoms with Crippen molar-refractivity contribution in [1.82, 2.24) is 10.2 Å². The Hall–Kier alpha value is -2.08. The van der Waals surface area contributed by atoms with Gasteiger partial charge in [0.2, 0.25) is 0 Å². The van der Waals surface area contributed by atoms with Crippen molar-refractivity contribution in [2.75, 3.05) is 0 Å². The Labute approximate surface area is 108 Å². The number of nitrogens with one attached hydrogen (secondary N) is 1. The van der Waals surface area contributed by atoms with Gasteiger partial charge in [-0.25, -0.2) is 0 Å². The van der Waals surface area contributed by atoms with Gasteiger partial charge in [-0.1, -0.05) is 31.9 Å². The van der Waals surface area contributed by atoms with E-state index >= 15 is 0 Å². The summed E-state index contributed by atoms with van der Waals surface area (Å²) in [6.07, 6.45) is 5.49. The second kappa shape index (κ2) is 6.61. The molecule has 0 aliphatic rings. The molecule has 0 aliphatic carbocycles.